The molecule has 0 saturated heterocycles. The van der Waals surface area contributed by atoms with Gasteiger partial charge in [0.15, 0.2) is 0 Å². The zero-order valence-corrected chi connectivity index (χ0v) is 12.0. The third-order valence-corrected chi connectivity index (χ3v) is 2.84. The molecular weight excluding hydrogens is 338 g/mol. The van der Waals surface area contributed by atoms with Gasteiger partial charge in [0.2, 0.25) is 5.96 Å². The normalized spacial score (nSPS) is 11.8. The molecule has 16 heavy (non-hydrogen) atoms. The summed E-state index contributed by atoms with van der Waals surface area (Å²) >= 11 is 8.07. The molecule has 0 amide bonds. The van der Waals surface area contributed by atoms with Crippen LogP contribution in [0.2, 0.25) is 5.02 Å². The summed E-state index contributed by atoms with van der Waals surface area (Å²) < 4.78 is 1.01. The minimum absolute atomic E-state index is 0.170. The second-order valence-electron chi connectivity index (χ2n) is 3.46. The molecule has 4 nitrogen and oxygen atoms in total. The van der Waals surface area contributed by atoms with Gasteiger partial charge in [0.1, 0.15) is 0 Å². The molecule has 0 aromatic heterocycles. The van der Waals surface area contributed by atoms with Crippen LogP contribution < -0.4 is 16.6 Å². The fraction of sp³-hybridized carbons (Fsp3) is 0.300. The van der Waals surface area contributed by atoms with E-state index < -0.39 is 0 Å². The van der Waals surface area contributed by atoms with Gasteiger partial charge in [0.25, 0.3) is 0 Å². The van der Waals surface area contributed by atoms with Crippen molar-refractivity contribution in [1.29, 1.82) is 0 Å². The predicted octanol–water partition coefficient (Wildman–Crippen LogP) is 2.58. The van der Waals surface area contributed by atoms with E-state index in [-0.39, 0.29) is 6.04 Å². The SMILES string of the molecule is CC(C)N=C(NN)Nc1ccc(Cl)cc1I. The molecule has 0 radical (unpaired) electrons. The molecule has 0 saturated carbocycles. The number of nitrogens with two attached hydrogens (primary N) is 1. The number of benzene rings is 1. The lowest BCUT2D eigenvalue weighted by Gasteiger charge is -2.12. The van der Waals surface area contributed by atoms with Crippen molar-refractivity contribution >= 4 is 45.8 Å². The van der Waals surface area contributed by atoms with Crippen molar-refractivity contribution in [1.82, 2.24) is 5.43 Å². The van der Waals surface area contributed by atoms with Crippen LogP contribution in [0, 0.1) is 3.57 Å². The zero-order valence-electron chi connectivity index (χ0n) is 9.09. The minimum atomic E-state index is 0.170. The highest BCUT2D eigenvalue weighted by Gasteiger charge is 2.03. The van der Waals surface area contributed by atoms with Gasteiger partial charge in [-0.1, -0.05) is 11.6 Å². The Morgan fingerprint density at radius 1 is 1.50 bits per heavy atom. The molecule has 6 heteroatoms. The van der Waals surface area contributed by atoms with E-state index in [1.807, 2.05) is 32.0 Å². The van der Waals surface area contributed by atoms with Gasteiger partial charge in [-0.2, -0.15) is 0 Å². The molecule has 0 unspecified atom stereocenters. The summed E-state index contributed by atoms with van der Waals surface area (Å²) in [6.45, 7) is 3.96. The minimum Gasteiger partial charge on any atom is -0.324 e. The van der Waals surface area contributed by atoms with Crippen molar-refractivity contribution in [2.75, 3.05) is 5.32 Å². The lowest BCUT2D eigenvalue weighted by atomic mass is 10.3. The third kappa shape index (κ3) is 4.15. The van der Waals surface area contributed by atoms with Gasteiger partial charge in [0.05, 0.1) is 5.69 Å². The van der Waals surface area contributed by atoms with Gasteiger partial charge in [-0.15, -0.1) is 0 Å². The summed E-state index contributed by atoms with van der Waals surface area (Å²) in [5, 5.41) is 3.81. The Morgan fingerprint density at radius 3 is 2.69 bits per heavy atom. The first kappa shape index (κ1) is 13.5. The van der Waals surface area contributed by atoms with E-state index in [2.05, 4.69) is 38.3 Å². The number of nitrogens with one attached hydrogen (secondary N) is 2. The van der Waals surface area contributed by atoms with Gasteiger partial charge in [-0.3, -0.25) is 5.43 Å². The van der Waals surface area contributed by atoms with E-state index in [9.17, 15) is 0 Å². The monoisotopic (exact) mass is 352 g/mol. The fourth-order valence-corrected chi connectivity index (χ4v) is 2.09. The van der Waals surface area contributed by atoms with E-state index in [0.717, 1.165) is 9.26 Å². The summed E-state index contributed by atoms with van der Waals surface area (Å²) in [4.78, 5) is 4.29. The van der Waals surface area contributed by atoms with Gasteiger partial charge >= 0.3 is 0 Å². The molecule has 0 aliphatic heterocycles. The number of hydrogen-bond donors (Lipinski definition) is 3. The Morgan fingerprint density at radius 2 is 2.19 bits per heavy atom. The number of rotatable bonds is 2. The van der Waals surface area contributed by atoms with Crippen LogP contribution in [0.4, 0.5) is 5.69 Å². The highest BCUT2D eigenvalue weighted by Crippen LogP contribution is 2.22. The van der Waals surface area contributed by atoms with Gasteiger partial charge in [0, 0.05) is 14.6 Å². The maximum absolute atomic E-state index is 5.87. The fourth-order valence-electron chi connectivity index (χ4n) is 1.08. The second-order valence-corrected chi connectivity index (χ2v) is 5.06. The number of anilines is 1. The zero-order chi connectivity index (χ0) is 12.1. The van der Waals surface area contributed by atoms with Crippen LogP contribution in [-0.2, 0) is 0 Å². The van der Waals surface area contributed by atoms with Crippen molar-refractivity contribution < 1.29 is 0 Å². The summed E-state index contributed by atoms with van der Waals surface area (Å²) in [5.74, 6) is 5.91. The van der Waals surface area contributed by atoms with E-state index in [1.54, 1.807) is 0 Å². The van der Waals surface area contributed by atoms with Crippen LogP contribution >= 0.6 is 34.2 Å². The molecule has 0 fully saturated rings. The maximum atomic E-state index is 5.87. The highest BCUT2D eigenvalue weighted by molar-refractivity contribution is 14.1. The van der Waals surface area contributed by atoms with Crippen molar-refractivity contribution in [3.63, 3.8) is 0 Å². The number of aliphatic imine (C=N–C) groups is 1. The van der Waals surface area contributed by atoms with Crippen LogP contribution in [0.25, 0.3) is 0 Å². The molecule has 1 aromatic carbocycles. The van der Waals surface area contributed by atoms with E-state index in [4.69, 9.17) is 17.4 Å². The van der Waals surface area contributed by atoms with Crippen LogP contribution in [-0.4, -0.2) is 12.0 Å². The average molecular weight is 353 g/mol. The van der Waals surface area contributed by atoms with E-state index in [0.29, 0.717) is 11.0 Å². The Bertz CT molecular complexity index is 392. The molecule has 88 valence electrons. The van der Waals surface area contributed by atoms with Crippen LogP contribution in [0.5, 0.6) is 0 Å². The van der Waals surface area contributed by atoms with Crippen molar-refractivity contribution in [3.8, 4) is 0 Å². The smallest absolute Gasteiger partial charge is 0.210 e. The van der Waals surface area contributed by atoms with E-state index >= 15 is 0 Å². The largest absolute Gasteiger partial charge is 0.324 e. The molecule has 1 rings (SSSR count). The Labute approximate surface area is 114 Å². The molecule has 4 N–H and O–H groups in total. The molecule has 0 spiro atoms. The lowest BCUT2D eigenvalue weighted by molar-refractivity contribution is 0.819. The standard InChI is InChI=1S/C10H14ClIN4/c1-6(2)14-10(16-13)15-9-4-3-7(11)5-8(9)12/h3-6H,13H2,1-2H3,(H2,14,15,16). The van der Waals surface area contributed by atoms with Crippen molar-refractivity contribution in [3.05, 3.63) is 26.8 Å². The Kier molecular flexibility index (Phi) is 5.30. The Hall–Kier alpha value is -0.530. The maximum Gasteiger partial charge on any atom is 0.210 e. The summed E-state index contributed by atoms with van der Waals surface area (Å²) in [7, 11) is 0. The molecule has 0 aliphatic carbocycles. The number of nitrogens with zero attached hydrogens (tertiary/aromatic N) is 1. The summed E-state index contributed by atoms with van der Waals surface area (Å²) in [5.41, 5.74) is 3.45. The van der Waals surface area contributed by atoms with Gasteiger partial charge < -0.3 is 5.32 Å². The molecular formula is C10H14ClIN4. The molecule has 0 bridgehead atoms. The number of halogens is 2. The third-order valence-electron chi connectivity index (χ3n) is 1.71. The van der Waals surface area contributed by atoms with Crippen LogP contribution in [0.15, 0.2) is 23.2 Å². The number of guanidine groups is 1. The topological polar surface area (TPSA) is 62.4 Å². The van der Waals surface area contributed by atoms with Gasteiger partial charge in [-0.05, 0) is 54.6 Å². The first-order valence-electron chi connectivity index (χ1n) is 4.79. The molecule has 0 aliphatic rings. The highest BCUT2D eigenvalue weighted by atomic mass is 127. The second kappa shape index (κ2) is 6.27. The number of hydrogen-bond acceptors (Lipinski definition) is 2. The molecule has 1 aromatic rings. The first-order chi connectivity index (χ1) is 7.52. The van der Waals surface area contributed by atoms with Gasteiger partial charge in [-0.25, -0.2) is 10.8 Å². The molecule has 0 heterocycles. The van der Waals surface area contributed by atoms with Crippen LogP contribution in [0.1, 0.15) is 13.8 Å². The van der Waals surface area contributed by atoms with E-state index in [1.165, 1.54) is 0 Å². The first-order valence-corrected chi connectivity index (χ1v) is 6.25. The lowest BCUT2D eigenvalue weighted by Crippen LogP contribution is -2.37. The Balaban J connectivity index is 2.86. The van der Waals surface area contributed by atoms with Crippen molar-refractivity contribution in [2.45, 2.75) is 19.9 Å². The van der Waals surface area contributed by atoms with Crippen LogP contribution in [0.3, 0.4) is 0 Å². The summed E-state index contributed by atoms with van der Waals surface area (Å²) in [6.07, 6.45) is 0. The quantitative estimate of drug-likeness (QED) is 0.252. The average Bonchev–Trinajstić information content (AvgIpc) is 2.20. The number of hydrazine groups is 1. The summed E-state index contributed by atoms with van der Waals surface area (Å²) in [6, 6.07) is 5.74. The molecule has 0 atom stereocenters. The predicted molar refractivity (Wildman–Crippen MR) is 77.7 cm³/mol. The van der Waals surface area contributed by atoms with Crippen molar-refractivity contribution in [2.24, 2.45) is 10.8 Å².